The Hall–Kier alpha value is -2.26. The summed E-state index contributed by atoms with van der Waals surface area (Å²) in [5.74, 6) is -0.966. The van der Waals surface area contributed by atoms with Crippen LogP contribution in [0.25, 0.3) is 10.9 Å². The molecule has 0 saturated heterocycles. The van der Waals surface area contributed by atoms with Crippen molar-refractivity contribution in [2.24, 2.45) is 10.2 Å². The lowest BCUT2D eigenvalue weighted by Gasteiger charge is -2.06. The highest BCUT2D eigenvalue weighted by molar-refractivity contribution is 14.1. The Morgan fingerprint density at radius 3 is 2.62 bits per heavy atom. The number of carbonyl (C=O) groups excluding carboxylic acids is 1. The molecule has 0 aliphatic heterocycles. The summed E-state index contributed by atoms with van der Waals surface area (Å²) in [6.07, 6.45) is -1.39. The van der Waals surface area contributed by atoms with Crippen molar-refractivity contribution in [2.45, 2.75) is 13.0 Å². The molecular weight excluding hydrogens is 421 g/mol. The van der Waals surface area contributed by atoms with Gasteiger partial charge in [-0.05, 0) is 53.3 Å². The number of aromatic amines is 1. The Balaban J connectivity index is 1.87. The van der Waals surface area contributed by atoms with Crippen LogP contribution in [0.15, 0.2) is 52.7 Å². The van der Waals surface area contributed by atoms with Gasteiger partial charge in [-0.1, -0.05) is 29.8 Å². The van der Waals surface area contributed by atoms with Crippen LogP contribution >= 0.6 is 22.6 Å². The number of halogens is 1. The van der Waals surface area contributed by atoms with E-state index in [0.717, 1.165) is 9.13 Å². The quantitative estimate of drug-likeness (QED) is 0.426. The molecule has 0 spiro atoms. The van der Waals surface area contributed by atoms with Crippen LogP contribution in [0.3, 0.4) is 0 Å². The lowest BCUT2D eigenvalue weighted by Crippen LogP contribution is -2.08. The molecule has 0 fully saturated rings. The van der Waals surface area contributed by atoms with Crippen molar-refractivity contribution in [3.05, 3.63) is 57.2 Å². The first-order chi connectivity index (χ1) is 11.5. The standard InChI is InChI=1S/C17H14IN3O3/c1-9-2-4-10(5-3-9)15(22)17(24)21-20-14-12-8-11(18)6-7-13(12)19-16(14)23/h2-8,15,19,22-23H,1H3. The van der Waals surface area contributed by atoms with Gasteiger partial charge in [0.1, 0.15) is 0 Å². The van der Waals surface area contributed by atoms with E-state index in [4.69, 9.17) is 0 Å². The minimum atomic E-state index is -1.39. The number of aliphatic hydroxyl groups is 1. The van der Waals surface area contributed by atoms with Crippen LogP contribution in [-0.2, 0) is 4.79 Å². The highest BCUT2D eigenvalue weighted by Crippen LogP contribution is 2.36. The molecule has 1 aromatic heterocycles. The average Bonchev–Trinajstić information content (AvgIpc) is 2.87. The van der Waals surface area contributed by atoms with Crippen LogP contribution in [0.4, 0.5) is 5.69 Å². The first-order valence-electron chi connectivity index (χ1n) is 7.16. The van der Waals surface area contributed by atoms with E-state index in [9.17, 15) is 15.0 Å². The fourth-order valence-corrected chi connectivity index (χ4v) is 2.77. The number of nitrogens with zero attached hydrogens (tertiary/aromatic N) is 2. The second-order valence-electron chi connectivity index (χ2n) is 5.36. The van der Waals surface area contributed by atoms with Crippen molar-refractivity contribution in [2.75, 3.05) is 0 Å². The number of carbonyl (C=O) groups is 1. The third-order valence-electron chi connectivity index (χ3n) is 3.59. The van der Waals surface area contributed by atoms with Crippen molar-refractivity contribution in [3.63, 3.8) is 0 Å². The molecule has 6 nitrogen and oxygen atoms in total. The Morgan fingerprint density at radius 1 is 1.21 bits per heavy atom. The molecule has 0 bridgehead atoms. The van der Waals surface area contributed by atoms with E-state index in [1.807, 2.05) is 19.1 Å². The number of hydrogen-bond donors (Lipinski definition) is 3. The minimum Gasteiger partial charge on any atom is -0.493 e. The minimum absolute atomic E-state index is 0.173. The van der Waals surface area contributed by atoms with E-state index >= 15 is 0 Å². The van der Waals surface area contributed by atoms with Gasteiger partial charge in [-0.3, -0.25) is 4.79 Å². The summed E-state index contributed by atoms with van der Waals surface area (Å²) in [7, 11) is 0. The van der Waals surface area contributed by atoms with Gasteiger partial charge in [-0.15, -0.1) is 10.2 Å². The van der Waals surface area contributed by atoms with Crippen molar-refractivity contribution >= 4 is 45.1 Å². The Labute approximate surface area is 151 Å². The van der Waals surface area contributed by atoms with Crippen LogP contribution in [0.2, 0.25) is 0 Å². The summed E-state index contributed by atoms with van der Waals surface area (Å²) < 4.78 is 0.960. The lowest BCUT2D eigenvalue weighted by atomic mass is 10.1. The molecule has 24 heavy (non-hydrogen) atoms. The van der Waals surface area contributed by atoms with E-state index in [1.165, 1.54) is 0 Å². The Kier molecular flexibility index (Phi) is 4.63. The van der Waals surface area contributed by atoms with Gasteiger partial charge in [0, 0.05) is 8.96 Å². The van der Waals surface area contributed by atoms with Crippen LogP contribution in [0.5, 0.6) is 5.88 Å². The molecular formula is C17H14IN3O3. The van der Waals surface area contributed by atoms with Crippen LogP contribution in [0.1, 0.15) is 17.2 Å². The van der Waals surface area contributed by atoms with Gasteiger partial charge in [0.25, 0.3) is 5.91 Å². The van der Waals surface area contributed by atoms with E-state index in [1.54, 1.807) is 30.3 Å². The normalized spacial score (nSPS) is 12.8. The van der Waals surface area contributed by atoms with E-state index in [2.05, 4.69) is 37.8 Å². The summed E-state index contributed by atoms with van der Waals surface area (Å²) in [6.45, 7) is 1.92. The molecule has 3 aromatic rings. The number of azo groups is 1. The zero-order valence-corrected chi connectivity index (χ0v) is 14.9. The highest BCUT2D eigenvalue weighted by Gasteiger charge is 2.18. The Bertz CT molecular complexity index is 932. The number of aliphatic hydroxyl groups excluding tert-OH is 1. The van der Waals surface area contributed by atoms with Gasteiger partial charge in [-0.25, -0.2) is 0 Å². The molecule has 1 unspecified atom stereocenters. The van der Waals surface area contributed by atoms with Gasteiger partial charge in [0.2, 0.25) is 5.88 Å². The largest absolute Gasteiger partial charge is 0.493 e. The zero-order chi connectivity index (χ0) is 17.3. The van der Waals surface area contributed by atoms with Crippen molar-refractivity contribution < 1.29 is 15.0 Å². The lowest BCUT2D eigenvalue weighted by molar-refractivity contribution is -0.126. The van der Waals surface area contributed by atoms with E-state index in [-0.39, 0.29) is 11.6 Å². The second kappa shape index (κ2) is 6.70. The molecule has 3 N–H and O–H groups in total. The summed E-state index contributed by atoms with van der Waals surface area (Å²) in [4.78, 5) is 14.8. The summed E-state index contributed by atoms with van der Waals surface area (Å²) in [6, 6.07) is 12.4. The number of rotatable bonds is 3. The first kappa shape index (κ1) is 16.6. The summed E-state index contributed by atoms with van der Waals surface area (Å²) in [5.41, 5.74) is 2.34. The molecule has 2 aromatic carbocycles. The van der Waals surface area contributed by atoms with Gasteiger partial charge >= 0.3 is 0 Å². The number of aryl methyl sites for hydroxylation is 1. The van der Waals surface area contributed by atoms with Crippen molar-refractivity contribution in [3.8, 4) is 5.88 Å². The van der Waals surface area contributed by atoms with E-state index in [0.29, 0.717) is 16.5 Å². The topological polar surface area (TPSA) is 98.0 Å². The van der Waals surface area contributed by atoms with Gasteiger partial charge in [0.15, 0.2) is 11.8 Å². The maximum Gasteiger partial charge on any atom is 0.297 e. The molecule has 0 radical (unpaired) electrons. The number of H-pyrrole nitrogens is 1. The maximum absolute atomic E-state index is 12.0. The molecule has 1 heterocycles. The Morgan fingerprint density at radius 2 is 1.92 bits per heavy atom. The molecule has 7 heteroatoms. The number of aromatic nitrogens is 1. The van der Waals surface area contributed by atoms with Crippen LogP contribution in [0, 0.1) is 10.5 Å². The molecule has 122 valence electrons. The number of hydrogen-bond acceptors (Lipinski definition) is 4. The number of fused-ring (bicyclic) bond motifs is 1. The summed E-state index contributed by atoms with van der Waals surface area (Å²) in [5, 5.41) is 28.0. The number of benzene rings is 2. The third-order valence-corrected chi connectivity index (χ3v) is 4.26. The molecule has 3 rings (SSSR count). The fraction of sp³-hybridized carbons (Fsp3) is 0.118. The number of nitrogens with one attached hydrogen (secondary N) is 1. The maximum atomic E-state index is 12.0. The second-order valence-corrected chi connectivity index (χ2v) is 6.61. The molecule has 1 amide bonds. The van der Waals surface area contributed by atoms with Crippen molar-refractivity contribution in [1.82, 2.24) is 4.98 Å². The van der Waals surface area contributed by atoms with Crippen LogP contribution in [-0.4, -0.2) is 21.1 Å². The molecule has 0 saturated carbocycles. The highest BCUT2D eigenvalue weighted by atomic mass is 127. The summed E-state index contributed by atoms with van der Waals surface area (Å²) >= 11 is 2.14. The number of amides is 1. The predicted molar refractivity (Wildman–Crippen MR) is 98.3 cm³/mol. The zero-order valence-electron chi connectivity index (χ0n) is 12.7. The monoisotopic (exact) mass is 435 g/mol. The van der Waals surface area contributed by atoms with Gasteiger partial charge in [0.05, 0.1) is 5.52 Å². The van der Waals surface area contributed by atoms with Crippen LogP contribution < -0.4 is 0 Å². The smallest absolute Gasteiger partial charge is 0.297 e. The van der Waals surface area contributed by atoms with Gasteiger partial charge in [-0.2, -0.15) is 0 Å². The SMILES string of the molecule is Cc1ccc(C(O)C(=O)N=Nc2c(O)[nH]c3ccc(I)cc23)cc1. The number of aromatic hydroxyl groups is 1. The van der Waals surface area contributed by atoms with Gasteiger partial charge < -0.3 is 15.2 Å². The van der Waals surface area contributed by atoms with Crippen molar-refractivity contribution in [1.29, 1.82) is 0 Å². The predicted octanol–water partition coefficient (Wildman–Crippen LogP) is 4.13. The molecule has 1 atom stereocenters. The fourth-order valence-electron chi connectivity index (χ4n) is 2.28. The molecule has 0 aliphatic rings. The van der Waals surface area contributed by atoms with E-state index < -0.39 is 12.0 Å². The third kappa shape index (κ3) is 3.31. The molecule has 0 aliphatic carbocycles. The first-order valence-corrected chi connectivity index (χ1v) is 8.24. The average molecular weight is 435 g/mol.